The molecule has 25 heavy (non-hydrogen) atoms. The van der Waals surface area contributed by atoms with Crippen LogP contribution in [0.4, 0.5) is 0 Å². The fourth-order valence-corrected chi connectivity index (χ4v) is 2.99. The van der Waals surface area contributed by atoms with Crippen LogP contribution in [0.1, 0.15) is 43.8 Å². The monoisotopic (exact) mass is 342 g/mol. The topological polar surface area (TPSA) is 61.8 Å². The highest BCUT2D eigenvalue weighted by molar-refractivity contribution is 5.90. The molecule has 5 nitrogen and oxygen atoms in total. The molecule has 3 rings (SSSR count). The summed E-state index contributed by atoms with van der Waals surface area (Å²) >= 11 is 0. The summed E-state index contributed by atoms with van der Waals surface area (Å²) in [5.41, 5.74) is 2.03. The van der Waals surface area contributed by atoms with Crippen LogP contribution in [0.15, 0.2) is 48.6 Å². The Morgan fingerprint density at radius 1 is 0.960 bits per heavy atom. The summed E-state index contributed by atoms with van der Waals surface area (Å²) in [6, 6.07) is 7.59. The van der Waals surface area contributed by atoms with E-state index in [4.69, 9.17) is 14.2 Å². The summed E-state index contributed by atoms with van der Waals surface area (Å²) in [5, 5.41) is 0. The van der Waals surface area contributed by atoms with Gasteiger partial charge in [-0.2, -0.15) is 0 Å². The van der Waals surface area contributed by atoms with Gasteiger partial charge in [0.2, 0.25) is 0 Å². The average molecular weight is 342 g/mol. The first kappa shape index (κ1) is 17.3. The number of ether oxygens (including phenoxy) is 3. The summed E-state index contributed by atoms with van der Waals surface area (Å²) in [7, 11) is 0. The maximum absolute atomic E-state index is 11.4. The van der Waals surface area contributed by atoms with E-state index in [1.54, 1.807) is 0 Å². The van der Waals surface area contributed by atoms with Crippen LogP contribution in [0.2, 0.25) is 0 Å². The van der Waals surface area contributed by atoms with E-state index in [9.17, 15) is 9.59 Å². The average Bonchev–Trinajstić information content (AvgIpc) is 3.10. The minimum atomic E-state index is -0.318. The Hall–Kier alpha value is -2.56. The maximum atomic E-state index is 11.4. The van der Waals surface area contributed by atoms with Gasteiger partial charge in [-0.25, -0.2) is 9.59 Å². The van der Waals surface area contributed by atoms with Gasteiger partial charge in [-0.3, -0.25) is 0 Å². The fraction of sp³-hybridized carbons (Fsp3) is 0.400. The Balaban J connectivity index is 1.36. The SMILES string of the molecule is C=C1CC(CCCCOc2ccc(C3CC(=C)C(=O)O3)cc2)OC1=O. The van der Waals surface area contributed by atoms with E-state index in [2.05, 4.69) is 13.2 Å². The van der Waals surface area contributed by atoms with Crippen LogP contribution in [-0.2, 0) is 19.1 Å². The Bertz CT molecular complexity index is 657. The number of benzene rings is 1. The molecule has 2 saturated heterocycles. The second-order valence-corrected chi connectivity index (χ2v) is 6.45. The van der Waals surface area contributed by atoms with Gasteiger partial charge in [0.15, 0.2) is 0 Å². The van der Waals surface area contributed by atoms with Crippen LogP contribution < -0.4 is 4.74 Å². The van der Waals surface area contributed by atoms with Crippen molar-refractivity contribution in [1.29, 1.82) is 0 Å². The smallest absolute Gasteiger partial charge is 0.334 e. The van der Waals surface area contributed by atoms with E-state index in [0.29, 0.717) is 30.6 Å². The van der Waals surface area contributed by atoms with Crippen molar-refractivity contribution in [3.05, 3.63) is 54.1 Å². The predicted octanol–water partition coefficient (Wildman–Crippen LogP) is 3.65. The van der Waals surface area contributed by atoms with E-state index < -0.39 is 0 Å². The Morgan fingerprint density at radius 2 is 1.64 bits per heavy atom. The fourth-order valence-electron chi connectivity index (χ4n) is 2.99. The summed E-state index contributed by atoms with van der Waals surface area (Å²) in [6.45, 7) is 7.98. The number of rotatable bonds is 7. The van der Waals surface area contributed by atoms with Gasteiger partial charge < -0.3 is 14.2 Å². The van der Waals surface area contributed by atoms with Crippen LogP contribution in [0.3, 0.4) is 0 Å². The molecule has 0 aromatic heterocycles. The molecule has 2 heterocycles. The van der Waals surface area contributed by atoms with Gasteiger partial charge in [-0.15, -0.1) is 0 Å². The first-order chi connectivity index (χ1) is 12.0. The molecule has 0 aliphatic carbocycles. The largest absolute Gasteiger partial charge is 0.494 e. The zero-order valence-electron chi connectivity index (χ0n) is 14.2. The molecule has 1 aromatic carbocycles. The molecular weight excluding hydrogens is 320 g/mol. The number of hydrogen-bond acceptors (Lipinski definition) is 5. The molecule has 1 aromatic rings. The van der Waals surface area contributed by atoms with Crippen molar-refractivity contribution in [2.75, 3.05) is 6.61 Å². The Labute approximate surface area is 147 Å². The van der Waals surface area contributed by atoms with Crippen LogP contribution in [0, 0.1) is 0 Å². The first-order valence-electron chi connectivity index (χ1n) is 8.53. The minimum Gasteiger partial charge on any atom is -0.494 e. The van der Waals surface area contributed by atoms with Gasteiger partial charge >= 0.3 is 11.9 Å². The molecule has 2 aliphatic heterocycles. The normalized spacial score (nSPS) is 22.9. The molecule has 0 saturated carbocycles. The number of esters is 2. The van der Waals surface area contributed by atoms with E-state index in [1.807, 2.05) is 24.3 Å². The lowest BCUT2D eigenvalue weighted by molar-refractivity contribution is -0.140. The van der Waals surface area contributed by atoms with Crippen molar-refractivity contribution in [2.24, 2.45) is 0 Å². The van der Waals surface area contributed by atoms with E-state index in [0.717, 1.165) is 30.6 Å². The number of carbonyl (C=O) groups excluding carboxylic acids is 2. The van der Waals surface area contributed by atoms with Gasteiger partial charge in [-0.1, -0.05) is 25.3 Å². The molecule has 0 radical (unpaired) electrons. The summed E-state index contributed by atoms with van der Waals surface area (Å²) in [4.78, 5) is 22.6. The van der Waals surface area contributed by atoms with Gasteiger partial charge in [0.25, 0.3) is 0 Å². The summed E-state index contributed by atoms with van der Waals surface area (Å²) < 4.78 is 16.2. The standard InChI is InChI=1S/C20H22O5/c1-13-11-17(24-19(13)21)5-3-4-10-23-16-8-6-15(7-9-16)18-12-14(2)20(22)25-18/h6-9,17-18H,1-5,10-12H2. The van der Waals surface area contributed by atoms with Crippen molar-refractivity contribution < 1.29 is 23.8 Å². The third-order valence-corrected chi connectivity index (χ3v) is 4.45. The van der Waals surface area contributed by atoms with Crippen molar-refractivity contribution >= 4 is 11.9 Å². The zero-order valence-corrected chi connectivity index (χ0v) is 14.2. The molecule has 2 atom stereocenters. The van der Waals surface area contributed by atoms with Crippen molar-refractivity contribution in [3.63, 3.8) is 0 Å². The third kappa shape index (κ3) is 4.29. The molecular formula is C20H22O5. The number of unbranched alkanes of at least 4 members (excludes halogenated alkanes) is 1. The van der Waals surface area contributed by atoms with Crippen molar-refractivity contribution in [1.82, 2.24) is 0 Å². The first-order valence-corrected chi connectivity index (χ1v) is 8.53. The van der Waals surface area contributed by atoms with Gasteiger partial charge in [0.05, 0.1) is 6.61 Å². The van der Waals surface area contributed by atoms with E-state index >= 15 is 0 Å². The molecule has 2 fully saturated rings. The number of cyclic esters (lactones) is 2. The minimum absolute atomic E-state index is 0.0249. The predicted molar refractivity (Wildman–Crippen MR) is 92.0 cm³/mol. The van der Waals surface area contributed by atoms with Crippen LogP contribution in [0.5, 0.6) is 5.75 Å². The zero-order chi connectivity index (χ0) is 17.8. The highest BCUT2D eigenvalue weighted by Crippen LogP contribution is 2.32. The highest BCUT2D eigenvalue weighted by atomic mass is 16.6. The lowest BCUT2D eigenvalue weighted by Crippen LogP contribution is -2.07. The second-order valence-electron chi connectivity index (χ2n) is 6.45. The van der Waals surface area contributed by atoms with E-state index in [-0.39, 0.29) is 24.1 Å². The Morgan fingerprint density at radius 3 is 2.24 bits per heavy atom. The second kappa shape index (κ2) is 7.55. The third-order valence-electron chi connectivity index (χ3n) is 4.45. The quantitative estimate of drug-likeness (QED) is 0.430. The number of hydrogen-bond donors (Lipinski definition) is 0. The van der Waals surface area contributed by atoms with Crippen molar-refractivity contribution in [3.8, 4) is 5.75 Å². The highest BCUT2D eigenvalue weighted by Gasteiger charge is 2.28. The number of carbonyl (C=O) groups is 2. The molecule has 0 spiro atoms. The lowest BCUT2D eigenvalue weighted by Gasteiger charge is -2.11. The molecule has 0 N–H and O–H groups in total. The van der Waals surface area contributed by atoms with E-state index in [1.165, 1.54) is 0 Å². The lowest BCUT2D eigenvalue weighted by atomic mass is 10.1. The van der Waals surface area contributed by atoms with Crippen LogP contribution >= 0.6 is 0 Å². The molecule has 2 aliphatic rings. The van der Waals surface area contributed by atoms with Gasteiger partial charge in [0.1, 0.15) is 18.0 Å². The van der Waals surface area contributed by atoms with Gasteiger partial charge in [0, 0.05) is 24.0 Å². The van der Waals surface area contributed by atoms with Gasteiger partial charge in [-0.05, 0) is 37.0 Å². The van der Waals surface area contributed by atoms with Crippen LogP contribution in [0.25, 0.3) is 0 Å². The summed E-state index contributed by atoms with van der Waals surface area (Å²) in [5.74, 6) is 0.201. The molecule has 132 valence electrons. The molecule has 0 bridgehead atoms. The molecule has 5 heteroatoms. The summed E-state index contributed by atoms with van der Waals surface area (Å²) in [6.07, 6.45) is 3.58. The maximum Gasteiger partial charge on any atom is 0.334 e. The molecule has 0 amide bonds. The Kier molecular flexibility index (Phi) is 5.22. The van der Waals surface area contributed by atoms with Crippen LogP contribution in [-0.4, -0.2) is 24.6 Å². The van der Waals surface area contributed by atoms with Crippen molar-refractivity contribution in [2.45, 2.75) is 44.3 Å². The molecule has 2 unspecified atom stereocenters.